The highest BCUT2D eigenvalue weighted by Gasteiger charge is 2.25. The predicted octanol–water partition coefficient (Wildman–Crippen LogP) is 0.864. The van der Waals surface area contributed by atoms with Crippen molar-refractivity contribution in [3.05, 3.63) is 17.9 Å². The van der Waals surface area contributed by atoms with Gasteiger partial charge < -0.3 is 14.6 Å². The van der Waals surface area contributed by atoms with Gasteiger partial charge in [-0.15, -0.1) is 0 Å². The van der Waals surface area contributed by atoms with E-state index in [1.165, 1.54) is 6.07 Å². The maximum atomic E-state index is 12.3. The Hall–Kier alpha value is -0.890. The number of likely N-dealkylation sites (N-methyl/N-ethyl adjacent to an activating group) is 1. The summed E-state index contributed by atoms with van der Waals surface area (Å²) in [5.41, 5.74) is 0. The summed E-state index contributed by atoms with van der Waals surface area (Å²) in [6, 6.07) is 3.00. The van der Waals surface area contributed by atoms with Crippen LogP contribution in [0.2, 0.25) is 0 Å². The topological polar surface area (TPSA) is 74.6 Å². The molecule has 1 rings (SSSR count). The van der Waals surface area contributed by atoms with Gasteiger partial charge in [0, 0.05) is 12.6 Å². The van der Waals surface area contributed by atoms with Gasteiger partial charge in [-0.2, -0.15) is 0 Å². The van der Waals surface area contributed by atoms with Crippen molar-refractivity contribution in [3.63, 3.8) is 0 Å². The van der Waals surface area contributed by atoms with Gasteiger partial charge in [-0.05, 0) is 39.2 Å². The van der Waals surface area contributed by atoms with Crippen LogP contribution in [0, 0.1) is 5.92 Å². The first kappa shape index (κ1) is 17.2. The molecule has 0 radical (unpaired) electrons. The van der Waals surface area contributed by atoms with Crippen LogP contribution in [0.25, 0.3) is 0 Å². The highest BCUT2D eigenvalue weighted by atomic mass is 32.2. The van der Waals surface area contributed by atoms with E-state index in [-0.39, 0.29) is 17.1 Å². The predicted molar refractivity (Wildman–Crippen MR) is 79.0 cm³/mol. The van der Waals surface area contributed by atoms with Crippen LogP contribution in [0.4, 0.5) is 0 Å². The van der Waals surface area contributed by atoms with Crippen molar-refractivity contribution < 1.29 is 12.8 Å². The zero-order valence-electron chi connectivity index (χ0n) is 12.8. The van der Waals surface area contributed by atoms with E-state index in [1.54, 1.807) is 13.1 Å². The molecule has 0 aliphatic rings. The van der Waals surface area contributed by atoms with E-state index in [4.69, 9.17) is 4.42 Å². The summed E-state index contributed by atoms with van der Waals surface area (Å²) in [4.78, 5) is 1.96. The molecule has 116 valence electrons. The second kappa shape index (κ2) is 7.21. The lowest BCUT2D eigenvalue weighted by Gasteiger charge is -2.24. The number of sulfonamides is 1. The highest BCUT2D eigenvalue weighted by molar-refractivity contribution is 7.89. The minimum atomic E-state index is -3.62. The van der Waals surface area contributed by atoms with E-state index >= 15 is 0 Å². The van der Waals surface area contributed by atoms with Gasteiger partial charge >= 0.3 is 0 Å². The fourth-order valence-electron chi connectivity index (χ4n) is 1.81. The molecular formula is C13H25N3O3S. The monoisotopic (exact) mass is 303 g/mol. The quantitative estimate of drug-likeness (QED) is 0.745. The molecule has 6 nitrogen and oxygen atoms in total. The second-order valence-electron chi connectivity index (χ2n) is 5.49. The van der Waals surface area contributed by atoms with Gasteiger partial charge in [0.15, 0.2) is 0 Å². The molecule has 0 spiro atoms. The van der Waals surface area contributed by atoms with E-state index < -0.39 is 10.0 Å². The fourth-order valence-corrected chi connectivity index (χ4v) is 3.13. The van der Waals surface area contributed by atoms with Crippen molar-refractivity contribution in [2.45, 2.75) is 31.5 Å². The third-order valence-electron chi connectivity index (χ3n) is 2.93. The van der Waals surface area contributed by atoms with E-state index in [9.17, 15) is 8.42 Å². The summed E-state index contributed by atoms with van der Waals surface area (Å²) in [6.07, 6.45) is 0. The Morgan fingerprint density at radius 1 is 1.30 bits per heavy atom. The maximum Gasteiger partial charge on any atom is 0.274 e. The minimum absolute atomic E-state index is 0.0350. The summed E-state index contributed by atoms with van der Waals surface area (Å²) >= 11 is 0. The first-order chi connectivity index (χ1) is 9.26. The molecule has 0 aromatic carbocycles. The Labute approximate surface area is 121 Å². The van der Waals surface area contributed by atoms with Crippen LogP contribution in [-0.2, 0) is 16.6 Å². The van der Waals surface area contributed by atoms with E-state index in [0.717, 1.165) is 0 Å². The van der Waals surface area contributed by atoms with E-state index in [0.29, 0.717) is 18.8 Å². The molecule has 1 aromatic rings. The smallest absolute Gasteiger partial charge is 0.274 e. The van der Waals surface area contributed by atoms with Crippen LogP contribution in [0.3, 0.4) is 0 Å². The van der Waals surface area contributed by atoms with Crippen LogP contribution >= 0.6 is 0 Å². The molecule has 2 N–H and O–H groups in total. The van der Waals surface area contributed by atoms with Crippen molar-refractivity contribution >= 4 is 10.0 Å². The van der Waals surface area contributed by atoms with Crippen LogP contribution in [0.1, 0.15) is 19.6 Å². The third-order valence-corrected chi connectivity index (χ3v) is 4.29. The molecule has 1 atom stereocenters. The Balaban J connectivity index is 2.85. The molecule has 0 amide bonds. The van der Waals surface area contributed by atoms with Crippen molar-refractivity contribution in [1.29, 1.82) is 0 Å². The molecule has 1 heterocycles. The minimum Gasteiger partial charge on any atom is -0.447 e. The molecule has 0 bridgehead atoms. The number of hydrogen-bond donors (Lipinski definition) is 2. The Kier molecular flexibility index (Phi) is 6.19. The molecule has 0 fully saturated rings. The molecule has 1 unspecified atom stereocenters. The van der Waals surface area contributed by atoms with E-state index in [1.807, 2.05) is 32.8 Å². The zero-order chi connectivity index (χ0) is 15.3. The molecule has 0 saturated carbocycles. The molecule has 0 saturated heterocycles. The number of nitrogens with one attached hydrogen (secondary N) is 2. The SMILES string of the molecule is CNCc1ccc(S(=O)(=O)NC(CN(C)C)C(C)C)o1. The van der Waals surface area contributed by atoms with Crippen LogP contribution < -0.4 is 10.0 Å². The lowest BCUT2D eigenvalue weighted by atomic mass is 10.1. The van der Waals surface area contributed by atoms with Gasteiger partial charge in [-0.1, -0.05) is 13.8 Å². The molecule has 20 heavy (non-hydrogen) atoms. The van der Waals surface area contributed by atoms with E-state index in [2.05, 4.69) is 10.0 Å². The summed E-state index contributed by atoms with van der Waals surface area (Å²) in [6.45, 7) is 5.12. The average molecular weight is 303 g/mol. The van der Waals surface area contributed by atoms with Gasteiger partial charge in [-0.25, -0.2) is 13.1 Å². The molecule has 0 aliphatic carbocycles. The first-order valence-corrected chi connectivity index (χ1v) is 8.15. The van der Waals surface area contributed by atoms with Crippen molar-refractivity contribution in [1.82, 2.24) is 14.9 Å². The number of furan rings is 1. The highest BCUT2D eigenvalue weighted by Crippen LogP contribution is 2.15. The summed E-state index contributed by atoms with van der Waals surface area (Å²) in [5, 5.41) is 2.88. The van der Waals surface area contributed by atoms with Gasteiger partial charge in [0.1, 0.15) is 5.76 Å². The van der Waals surface area contributed by atoms with Gasteiger partial charge in [0.2, 0.25) is 5.09 Å². The molecule has 0 aliphatic heterocycles. The fraction of sp³-hybridized carbons (Fsp3) is 0.692. The second-order valence-corrected chi connectivity index (χ2v) is 7.13. The molecule has 7 heteroatoms. The molecule has 1 aromatic heterocycles. The summed E-state index contributed by atoms with van der Waals surface area (Å²) in [5.74, 6) is 0.792. The third kappa shape index (κ3) is 4.90. The van der Waals surface area contributed by atoms with Crippen LogP contribution in [0.5, 0.6) is 0 Å². The lowest BCUT2D eigenvalue weighted by molar-refractivity contribution is 0.311. The van der Waals surface area contributed by atoms with Crippen molar-refractivity contribution in [3.8, 4) is 0 Å². The van der Waals surface area contributed by atoms with Crippen molar-refractivity contribution in [2.75, 3.05) is 27.7 Å². The summed E-state index contributed by atoms with van der Waals surface area (Å²) in [7, 11) is 2.00. The lowest BCUT2D eigenvalue weighted by Crippen LogP contribution is -2.44. The van der Waals surface area contributed by atoms with Crippen LogP contribution in [0.15, 0.2) is 21.6 Å². The number of hydrogen-bond acceptors (Lipinski definition) is 5. The maximum absolute atomic E-state index is 12.3. The van der Waals surface area contributed by atoms with Crippen LogP contribution in [-0.4, -0.2) is 47.0 Å². The number of nitrogens with zero attached hydrogens (tertiary/aromatic N) is 1. The normalized spacial score (nSPS) is 14.2. The van der Waals surface area contributed by atoms with Crippen molar-refractivity contribution in [2.24, 2.45) is 5.92 Å². The Morgan fingerprint density at radius 2 is 1.95 bits per heavy atom. The largest absolute Gasteiger partial charge is 0.447 e. The van der Waals surface area contributed by atoms with Gasteiger partial charge in [0.25, 0.3) is 10.0 Å². The average Bonchev–Trinajstić information content (AvgIpc) is 2.77. The zero-order valence-corrected chi connectivity index (χ0v) is 13.6. The Morgan fingerprint density at radius 3 is 2.45 bits per heavy atom. The first-order valence-electron chi connectivity index (χ1n) is 6.66. The molecular weight excluding hydrogens is 278 g/mol. The van der Waals surface area contributed by atoms with Gasteiger partial charge in [0.05, 0.1) is 6.54 Å². The summed E-state index contributed by atoms with van der Waals surface area (Å²) < 4.78 is 32.7. The Bertz CT molecular complexity index is 509. The number of rotatable bonds is 8. The van der Waals surface area contributed by atoms with Gasteiger partial charge in [-0.3, -0.25) is 0 Å². The standard InChI is InChI=1S/C13H25N3O3S/c1-10(2)12(9-16(4)5)15-20(17,18)13-7-6-11(19-13)8-14-3/h6-7,10,12,14-15H,8-9H2,1-5H3.